The Morgan fingerprint density at radius 1 is 1.24 bits per heavy atom. The van der Waals surface area contributed by atoms with E-state index < -0.39 is 6.04 Å². The maximum atomic E-state index is 13.5. The molecule has 2 aromatic carbocycles. The number of hydrogen-bond donors (Lipinski definition) is 1. The molecule has 0 aliphatic carbocycles. The number of rotatable bonds is 2. The first-order chi connectivity index (χ1) is 9.95. The normalized spacial score (nSPS) is 15.2. The molecule has 0 radical (unpaired) electrons. The predicted octanol–water partition coefficient (Wildman–Crippen LogP) is 3.16. The van der Waals surface area contributed by atoms with Crippen LogP contribution in [0.4, 0.5) is 10.1 Å². The van der Waals surface area contributed by atoms with E-state index in [-0.39, 0.29) is 11.7 Å². The Bertz CT molecular complexity index is 712. The molecule has 0 fully saturated rings. The predicted molar refractivity (Wildman–Crippen MR) is 83.7 cm³/mol. The summed E-state index contributed by atoms with van der Waals surface area (Å²) in [6.45, 7) is 0. The molecule has 1 amide bonds. The fraction of sp³-hybridized carbons (Fsp3) is 0.188. The SMILES string of the molecule is CN1C(=O)Cc2cc(C(N)c3cc(F)cc(Br)c3)ccc21. The van der Waals surface area contributed by atoms with E-state index in [2.05, 4.69) is 15.9 Å². The number of halogens is 2. The molecule has 3 rings (SSSR count). The first-order valence-electron chi connectivity index (χ1n) is 6.56. The summed E-state index contributed by atoms with van der Waals surface area (Å²) < 4.78 is 14.1. The van der Waals surface area contributed by atoms with E-state index in [1.165, 1.54) is 12.1 Å². The van der Waals surface area contributed by atoms with Crippen LogP contribution in [-0.2, 0) is 11.2 Å². The Morgan fingerprint density at radius 2 is 2.00 bits per heavy atom. The maximum absolute atomic E-state index is 13.5. The molecule has 0 bridgehead atoms. The maximum Gasteiger partial charge on any atom is 0.231 e. The summed E-state index contributed by atoms with van der Waals surface area (Å²) in [6, 6.07) is 9.91. The lowest BCUT2D eigenvalue weighted by Gasteiger charge is -2.15. The number of likely N-dealkylation sites (N-methyl/N-ethyl adjacent to an activating group) is 1. The fourth-order valence-electron chi connectivity index (χ4n) is 2.63. The van der Waals surface area contributed by atoms with Crippen LogP contribution in [0.3, 0.4) is 0 Å². The van der Waals surface area contributed by atoms with Crippen LogP contribution in [0.25, 0.3) is 0 Å². The molecule has 1 aliphatic rings. The monoisotopic (exact) mass is 348 g/mol. The average molecular weight is 349 g/mol. The summed E-state index contributed by atoms with van der Waals surface area (Å²) in [5, 5.41) is 0. The van der Waals surface area contributed by atoms with E-state index in [4.69, 9.17) is 5.73 Å². The van der Waals surface area contributed by atoms with E-state index in [0.717, 1.165) is 16.8 Å². The molecule has 2 N–H and O–H groups in total. The van der Waals surface area contributed by atoms with Crippen LogP contribution in [0.2, 0.25) is 0 Å². The first-order valence-corrected chi connectivity index (χ1v) is 7.36. The van der Waals surface area contributed by atoms with Crippen LogP contribution in [0.15, 0.2) is 40.9 Å². The molecule has 1 heterocycles. The number of carbonyl (C=O) groups is 1. The highest BCUT2D eigenvalue weighted by Gasteiger charge is 2.24. The van der Waals surface area contributed by atoms with Crippen LogP contribution >= 0.6 is 15.9 Å². The van der Waals surface area contributed by atoms with Gasteiger partial charge in [0.1, 0.15) is 5.82 Å². The number of anilines is 1. The van der Waals surface area contributed by atoms with Gasteiger partial charge in [-0.15, -0.1) is 0 Å². The standard InChI is InChI=1S/C16H14BrFN2O/c1-20-14-3-2-9(4-10(14)7-15(20)21)16(19)11-5-12(17)8-13(18)6-11/h2-6,8,16H,7,19H2,1H3. The Labute approximate surface area is 130 Å². The fourth-order valence-corrected chi connectivity index (χ4v) is 3.11. The second-order valence-electron chi connectivity index (χ2n) is 5.20. The van der Waals surface area contributed by atoms with E-state index in [9.17, 15) is 9.18 Å². The van der Waals surface area contributed by atoms with Gasteiger partial charge >= 0.3 is 0 Å². The Kier molecular flexibility index (Phi) is 3.55. The number of fused-ring (bicyclic) bond motifs is 1. The third-order valence-corrected chi connectivity index (χ3v) is 4.24. The molecule has 2 aromatic rings. The van der Waals surface area contributed by atoms with Crippen molar-refractivity contribution in [3.8, 4) is 0 Å². The van der Waals surface area contributed by atoms with Crippen molar-refractivity contribution in [2.45, 2.75) is 12.5 Å². The van der Waals surface area contributed by atoms with Crippen molar-refractivity contribution in [2.24, 2.45) is 5.73 Å². The molecule has 21 heavy (non-hydrogen) atoms. The summed E-state index contributed by atoms with van der Waals surface area (Å²) in [4.78, 5) is 13.4. The third kappa shape index (κ3) is 2.59. The molecule has 0 saturated carbocycles. The Hall–Kier alpha value is -1.72. The number of carbonyl (C=O) groups excluding carboxylic acids is 1. The van der Waals surface area contributed by atoms with Crippen molar-refractivity contribution in [3.05, 3.63) is 63.4 Å². The van der Waals surface area contributed by atoms with Crippen LogP contribution in [-0.4, -0.2) is 13.0 Å². The molecule has 1 aliphatic heterocycles. The Balaban J connectivity index is 1.98. The largest absolute Gasteiger partial charge is 0.320 e. The van der Waals surface area contributed by atoms with E-state index in [1.807, 2.05) is 18.2 Å². The summed E-state index contributed by atoms with van der Waals surface area (Å²) in [5.41, 5.74) is 9.67. The lowest BCUT2D eigenvalue weighted by molar-refractivity contribution is -0.117. The van der Waals surface area contributed by atoms with Crippen LogP contribution in [0.5, 0.6) is 0 Å². The van der Waals surface area contributed by atoms with Gasteiger partial charge in [-0.3, -0.25) is 4.79 Å². The number of hydrogen-bond acceptors (Lipinski definition) is 2. The van der Waals surface area contributed by atoms with E-state index >= 15 is 0 Å². The molecule has 5 heteroatoms. The van der Waals surface area contributed by atoms with Gasteiger partial charge in [0.15, 0.2) is 0 Å². The molecule has 1 atom stereocenters. The quantitative estimate of drug-likeness (QED) is 0.905. The minimum absolute atomic E-state index is 0.0734. The van der Waals surface area contributed by atoms with Crippen molar-refractivity contribution in [2.75, 3.05) is 11.9 Å². The van der Waals surface area contributed by atoms with Gasteiger partial charge in [-0.05, 0) is 41.0 Å². The zero-order valence-electron chi connectivity index (χ0n) is 11.4. The average Bonchev–Trinajstić information content (AvgIpc) is 2.71. The summed E-state index contributed by atoms with van der Waals surface area (Å²) in [6.07, 6.45) is 0.388. The highest BCUT2D eigenvalue weighted by molar-refractivity contribution is 9.10. The van der Waals surface area contributed by atoms with Gasteiger partial charge in [0.2, 0.25) is 5.91 Å². The molecular formula is C16H14BrFN2O. The molecule has 3 nitrogen and oxygen atoms in total. The van der Waals surface area contributed by atoms with Gasteiger partial charge in [0.05, 0.1) is 12.5 Å². The van der Waals surface area contributed by atoms with Gasteiger partial charge in [0.25, 0.3) is 0 Å². The molecule has 1 unspecified atom stereocenters. The van der Waals surface area contributed by atoms with Crippen molar-refractivity contribution in [1.29, 1.82) is 0 Å². The molecule has 0 spiro atoms. The topological polar surface area (TPSA) is 46.3 Å². The summed E-state index contributed by atoms with van der Waals surface area (Å²) >= 11 is 3.27. The van der Waals surface area contributed by atoms with Gasteiger partial charge in [0, 0.05) is 17.2 Å². The Morgan fingerprint density at radius 3 is 2.71 bits per heavy atom. The number of benzene rings is 2. The van der Waals surface area contributed by atoms with E-state index in [1.54, 1.807) is 18.0 Å². The molecule has 108 valence electrons. The number of amides is 1. The van der Waals surface area contributed by atoms with Gasteiger partial charge < -0.3 is 10.6 Å². The zero-order valence-corrected chi connectivity index (χ0v) is 13.0. The second kappa shape index (κ2) is 5.24. The summed E-state index contributed by atoms with van der Waals surface area (Å²) in [5.74, 6) is -0.255. The minimum Gasteiger partial charge on any atom is -0.320 e. The van der Waals surface area contributed by atoms with Crippen molar-refractivity contribution in [3.63, 3.8) is 0 Å². The lowest BCUT2D eigenvalue weighted by atomic mass is 9.97. The van der Waals surface area contributed by atoms with Gasteiger partial charge in [-0.1, -0.05) is 28.1 Å². The third-order valence-electron chi connectivity index (χ3n) is 3.78. The van der Waals surface area contributed by atoms with Gasteiger partial charge in [-0.25, -0.2) is 4.39 Å². The van der Waals surface area contributed by atoms with Crippen molar-refractivity contribution < 1.29 is 9.18 Å². The van der Waals surface area contributed by atoms with Gasteiger partial charge in [-0.2, -0.15) is 0 Å². The van der Waals surface area contributed by atoms with E-state index in [0.29, 0.717) is 16.5 Å². The molecular weight excluding hydrogens is 335 g/mol. The van der Waals surface area contributed by atoms with Crippen LogP contribution < -0.4 is 10.6 Å². The van der Waals surface area contributed by atoms with Crippen LogP contribution in [0.1, 0.15) is 22.7 Å². The number of nitrogens with zero attached hydrogens (tertiary/aromatic N) is 1. The first kappa shape index (κ1) is 14.2. The lowest BCUT2D eigenvalue weighted by Crippen LogP contribution is -2.20. The molecule has 0 aromatic heterocycles. The second-order valence-corrected chi connectivity index (χ2v) is 6.11. The van der Waals surface area contributed by atoms with Crippen LogP contribution in [0, 0.1) is 5.82 Å². The highest BCUT2D eigenvalue weighted by atomic mass is 79.9. The van der Waals surface area contributed by atoms with Crippen molar-refractivity contribution in [1.82, 2.24) is 0 Å². The summed E-state index contributed by atoms with van der Waals surface area (Å²) in [7, 11) is 1.76. The van der Waals surface area contributed by atoms with Crippen molar-refractivity contribution >= 4 is 27.5 Å². The molecule has 0 saturated heterocycles. The smallest absolute Gasteiger partial charge is 0.231 e. The minimum atomic E-state index is -0.427. The highest BCUT2D eigenvalue weighted by Crippen LogP contribution is 2.32. The zero-order chi connectivity index (χ0) is 15.1. The number of nitrogens with two attached hydrogens (primary N) is 1.